The first kappa shape index (κ1) is 16.5. The zero-order valence-corrected chi connectivity index (χ0v) is 13.6. The number of likely N-dealkylation sites (tertiary alicyclic amines) is 1. The minimum Gasteiger partial charge on any atom is -0.393 e. The molecule has 1 aliphatic heterocycles. The molecule has 0 aliphatic carbocycles. The Morgan fingerprint density at radius 3 is 2.33 bits per heavy atom. The van der Waals surface area contributed by atoms with Gasteiger partial charge < -0.3 is 15.7 Å². The molecule has 118 valence electrons. The van der Waals surface area contributed by atoms with Gasteiger partial charge in [0.1, 0.15) is 0 Å². The van der Waals surface area contributed by atoms with Gasteiger partial charge in [-0.25, -0.2) is 0 Å². The summed E-state index contributed by atoms with van der Waals surface area (Å²) in [6.07, 6.45) is 2.01. The molecular formula is C18H30N2O. The molecule has 1 saturated heterocycles. The molecule has 1 aliphatic rings. The van der Waals surface area contributed by atoms with Crippen LogP contribution in [0.3, 0.4) is 0 Å². The molecule has 0 saturated carbocycles. The Morgan fingerprint density at radius 2 is 1.81 bits per heavy atom. The number of aliphatic hydroxyl groups is 1. The molecule has 0 amide bonds. The van der Waals surface area contributed by atoms with E-state index in [2.05, 4.69) is 43.0 Å². The van der Waals surface area contributed by atoms with Crippen molar-refractivity contribution < 1.29 is 5.11 Å². The van der Waals surface area contributed by atoms with E-state index in [1.165, 1.54) is 5.56 Å². The average Bonchev–Trinajstić information content (AvgIpc) is 2.47. The predicted octanol–water partition coefficient (Wildman–Crippen LogP) is 2.81. The van der Waals surface area contributed by atoms with Gasteiger partial charge in [0, 0.05) is 12.6 Å². The fourth-order valence-corrected chi connectivity index (χ4v) is 3.38. The van der Waals surface area contributed by atoms with Crippen molar-refractivity contribution in [2.45, 2.75) is 45.8 Å². The molecule has 1 fully saturated rings. The van der Waals surface area contributed by atoms with Gasteiger partial charge in [0.05, 0.1) is 6.10 Å². The van der Waals surface area contributed by atoms with Crippen molar-refractivity contribution >= 4 is 0 Å². The molecule has 3 N–H and O–H groups in total. The molecule has 21 heavy (non-hydrogen) atoms. The van der Waals surface area contributed by atoms with Crippen LogP contribution < -0.4 is 5.73 Å². The van der Waals surface area contributed by atoms with E-state index in [1.54, 1.807) is 0 Å². The van der Waals surface area contributed by atoms with Crippen LogP contribution in [-0.2, 0) is 0 Å². The van der Waals surface area contributed by atoms with Crippen LogP contribution in [0.2, 0.25) is 0 Å². The summed E-state index contributed by atoms with van der Waals surface area (Å²) in [5.74, 6) is 0.465. The third-order valence-electron chi connectivity index (χ3n) is 4.95. The summed E-state index contributed by atoms with van der Waals surface area (Å²) in [6, 6.07) is 10.4. The summed E-state index contributed by atoms with van der Waals surface area (Å²) >= 11 is 0. The Balaban J connectivity index is 1.92. The normalized spacial score (nSPS) is 21.2. The Bertz CT molecular complexity index is 422. The first-order valence-electron chi connectivity index (χ1n) is 8.11. The van der Waals surface area contributed by atoms with Crippen molar-refractivity contribution in [3.8, 4) is 0 Å². The highest BCUT2D eigenvalue weighted by molar-refractivity contribution is 5.20. The summed E-state index contributed by atoms with van der Waals surface area (Å²) in [6.45, 7) is 9.57. The first-order valence-corrected chi connectivity index (χ1v) is 8.11. The van der Waals surface area contributed by atoms with Crippen LogP contribution in [-0.4, -0.2) is 35.7 Å². The van der Waals surface area contributed by atoms with E-state index in [4.69, 9.17) is 5.73 Å². The van der Waals surface area contributed by atoms with E-state index in [-0.39, 0.29) is 17.6 Å². The van der Waals surface area contributed by atoms with Crippen LogP contribution in [0.4, 0.5) is 0 Å². The van der Waals surface area contributed by atoms with Crippen LogP contribution in [0.25, 0.3) is 0 Å². The highest BCUT2D eigenvalue weighted by atomic mass is 16.3. The number of benzene rings is 1. The topological polar surface area (TPSA) is 49.5 Å². The Kier molecular flexibility index (Phi) is 5.42. The zero-order chi connectivity index (χ0) is 15.5. The van der Waals surface area contributed by atoms with Crippen molar-refractivity contribution in [3.63, 3.8) is 0 Å². The molecule has 1 aromatic rings. The Labute approximate surface area is 129 Å². The van der Waals surface area contributed by atoms with Gasteiger partial charge in [-0.1, -0.05) is 44.2 Å². The van der Waals surface area contributed by atoms with E-state index < -0.39 is 0 Å². The highest BCUT2D eigenvalue weighted by Gasteiger charge is 2.32. The van der Waals surface area contributed by atoms with E-state index in [0.29, 0.717) is 5.92 Å². The summed E-state index contributed by atoms with van der Waals surface area (Å²) in [5, 5.41) is 9.69. The lowest BCUT2D eigenvalue weighted by atomic mass is 9.79. The molecule has 2 atom stereocenters. The smallest absolute Gasteiger partial charge is 0.0541 e. The third kappa shape index (κ3) is 4.29. The number of hydrogen-bond acceptors (Lipinski definition) is 3. The van der Waals surface area contributed by atoms with E-state index in [0.717, 1.165) is 32.5 Å². The lowest BCUT2D eigenvalue weighted by molar-refractivity contribution is 0.0537. The largest absolute Gasteiger partial charge is 0.393 e. The highest BCUT2D eigenvalue weighted by Crippen LogP contribution is 2.33. The van der Waals surface area contributed by atoms with Gasteiger partial charge in [0.25, 0.3) is 0 Å². The standard InChI is InChI=1S/C18H30N2O/c1-14(21)15-9-11-20(12-10-15)13-18(2,3)17(19)16-7-5-4-6-8-16/h4-8,14-15,17,21H,9-13,19H2,1-3H3. The zero-order valence-electron chi connectivity index (χ0n) is 13.6. The quantitative estimate of drug-likeness (QED) is 0.876. The van der Waals surface area contributed by atoms with Gasteiger partial charge >= 0.3 is 0 Å². The van der Waals surface area contributed by atoms with Crippen LogP contribution in [0.1, 0.15) is 45.2 Å². The molecule has 2 unspecified atom stereocenters. The number of nitrogens with two attached hydrogens (primary N) is 1. The van der Waals surface area contributed by atoms with Crippen molar-refractivity contribution in [1.82, 2.24) is 4.90 Å². The number of rotatable bonds is 5. The van der Waals surface area contributed by atoms with Crippen LogP contribution in [0.15, 0.2) is 30.3 Å². The van der Waals surface area contributed by atoms with Gasteiger partial charge in [-0.15, -0.1) is 0 Å². The molecule has 2 rings (SSSR count). The molecule has 0 spiro atoms. The van der Waals surface area contributed by atoms with E-state index in [1.807, 2.05) is 13.0 Å². The molecule has 0 aromatic heterocycles. The maximum atomic E-state index is 9.69. The average molecular weight is 290 g/mol. The Hall–Kier alpha value is -0.900. The van der Waals surface area contributed by atoms with Crippen LogP contribution in [0, 0.1) is 11.3 Å². The molecule has 1 aromatic carbocycles. The lowest BCUT2D eigenvalue weighted by Gasteiger charge is -2.40. The molecule has 0 radical (unpaired) electrons. The van der Waals surface area contributed by atoms with Gasteiger partial charge in [-0.3, -0.25) is 0 Å². The van der Waals surface area contributed by atoms with Crippen LogP contribution in [0.5, 0.6) is 0 Å². The summed E-state index contributed by atoms with van der Waals surface area (Å²) in [4.78, 5) is 2.50. The fraction of sp³-hybridized carbons (Fsp3) is 0.667. The van der Waals surface area contributed by atoms with Crippen molar-refractivity contribution in [2.75, 3.05) is 19.6 Å². The monoisotopic (exact) mass is 290 g/mol. The minimum atomic E-state index is -0.174. The number of hydrogen-bond donors (Lipinski definition) is 2. The predicted molar refractivity (Wildman–Crippen MR) is 88.0 cm³/mol. The van der Waals surface area contributed by atoms with Crippen molar-refractivity contribution in [2.24, 2.45) is 17.1 Å². The molecule has 3 nitrogen and oxygen atoms in total. The Morgan fingerprint density at radius 1 is 1.24 bits per heavy atom. The van der Waals surface area contributed by atoms with E-state index >= 15 is 0 Å². The third-order valence-corrected chi connectivity index (χ3v) is 4.95. The van der Waals surface area contributed by atoms with Gasteiger partial charge in [-0.05, 0) is 49.8 Å². The summed E-state index contributed by atoms with van der Waals surface area (Å²) in [7, 11) is 0. The van der Waals surface area contributed by atoms with Gasteiger partial charge in [0.15, 0.2) is 0 Å². The fourth-order valence-electron chi connectivity index (χ4n) is 3.38. The second-order valence-electron chi connectivity index (χ2n) is 7.23. The molecule has 3 heteroatoms. The maximum Gasteiger partial charge on any atom is 0.0541 e. The van der Waals surface area contributed by atoms with E-state index in [9.17, 15) is 5.11 Å². The second-order valence-corrected chi connectivity index (χ2v) is 7.23. The molecule has 1 heterocycles. The SMILES string of the molecule is CC(O)C1CCN(CC(C)(C)C(N)c2ccccc2)CC1. The summed E-state index contributed by atoms with van der Waals surface area (Å²) in [5.41, 5.74) is 7.75. The van der Waals surface area contributed by atoms with Gasteiger partial charge in [0.2, 0.25) is 0 Å². The van der Waals surface area contributed by atoms with Gasteiger partial charge in [-0.2, -0.15) is 0 Å². The first-order chi connectivity index (χ1) is 9.90. The second kappa shape index (κ2) is 6.91. The summed E-state index contributed by atoms with van der Waals surface area (Å²) < 4.78 is 0. The number of piperidine rings is 1. The van der Waals surface area contributed by atoms with Crippen molar-refractivity contribution in [3.05, 3.63) is 35.9 Å². The maximum absolute atomic E-state index is 9.69. The lowest BCUT2D eigenvalue weighted by Crippen LogP contribution is -2.45. The van der Waals surface area contributed by atoms with Crippen LogP contribution >= 0.6 is 0 Å². The number of aliphatic hydroxyl groups excluding tert-OH is 1. The molecule has 0 bridgehead atoms. The van der Waals surface area contributed by atoms with Crippen molar-refractivity contribution in [1.29, 1.82) is 0 Å². The minimum absolute atomic E-state index is 0.0407. The molecular weight excluding hydrogens is 260 g/mol. The number of nitrogens with zero attached hydrogens (tertiary/aromatic N) is 1.